The second-order valence-electron chi connectivity index (χ2n) is 7.68. The highest BCUT2D eigenvalue weighted by molar-refractivity contribution is 5.92. The molecule has 0 bridgehead atoms. The summed E-state index contributed by atoms with van der Waals surface area (Å²) in [5.41, 5.74) is 3.70. The van der Waals surface area contributed by atoms with E-state index >= 15 is 0 Å². The molecule has 3 aromatic heterocycles. The van der Waals surface area contributed by atoms with Crippen LogP contribution in [0.5, 0.6) is 0 Å². The summed E-state index contributed by atoms with van der Waals surface area (Å²) in [6.07, 6.45) is 8.52. The van der Waals surface area contributed by atoms with Crippen LogP contribution in [-0.2, 0) is 6.54 Å². The van der Waals surface area contributed by atoms with Crippen LogP contribution in [0.2, 0.25) is 0 Å². The number of hydrogen-bond acceptors (Lipinski definition) is 3. The molecule has 5 rings (SSSR count). The topological polar surface area (TPSA) is 40.1 Å². The molecule has 4 aromatic rings. The molecule has 0 saturated carbocycles. The van der Waals surface area contributed by atoms with Crippen molar-refractivity contribution in [3.63, 3.8) is 0 Å². The maximum absolute atomic E-state index is 4.51. The Bertz CT molecular complexity index is 1050. The number of aromatic amines is 1. The first-order valence-electron chi connectivity index (χ1n) is 10.3. The largest absolute Gasteiger partial charge is 0.368 e. The van der Waals surface area contributed by atoms with E-state index in [9.17, 15) is 0 Å². The lowest BCUT2D eigenvalue weighted by Crippen LogP contribution is -2.46. The van der Waals surface area contributed by atoms with E-state index in [0.29, 0.717) is 0 Å². The fourth-order valence-electron chi connectivity index (χ4n) is 4.38. The summed E-state index contributed by atoms with van der Waals surface area (Å²) in [5, 5.41) is 2.57. The zero-order chi connectivity index (χ0) is 18.8. The number of aromatic nitrogens is 3. The number of nitrogens with one attached hydrogen (secondary N) is 1. The van der Waals surface area contributed by atoms with Crippen molar-refractivity contribution >= 4 is 27.6 Å². The van der Waals surface area contributed by atoms with Crippen LogP contribution in [0.1, 0.15) is 12.8 Å². The van der Waals surface area contributed by atoms with Crippen molar-refractivity contribution in [3.05, 3.63) is 61.1 Å². The molecule has 0 unspecified atom stereocenters. The number of anilines is 1. The van der Waals surface area contributed by atoms with Crippen molar-refractivity contribution in [2.45, 2.75) is 19.4 Å². The van der Waals surface area contributed by atoms with Crippen molar-refractivity contribution in [1.82, 2.24) is 19.4 Å². The third-order valence-corrected chi connectivity index (χ3v) is 5.93. The highest BCUT2D eigenvalue weighted by Crippen LogP contribution is 2.27. The molecule has 0 spiro atoms. The molecule has 1 aliphatic rings. The van der Waals surface area contributed by atoms with Gasteiger partial charge in [-0.3, -0.25) is 4.90 Å². The van der Waals surface area contributed by atoms with Crippen molar-refractivity contribution in [2.75, 3.05) is 37.6 Å². The van der Waals surface area contributed by atoms with Gasteiger partial charge in [0.05, 0.1) is 0 Å². The Labute approximate surface area is 165 Å². The molecule has 1 N–H and O–H groups in total. The van der Waals surface area contributed by atoms with Gasteiger partial charge in [-0.05, 0) is 55.8 Å². The van der Waals surface area contributed by atoms with Gasteiger partial charge in [-0.25, -0.2) is 4.98 Å². The van der Waals surface area contributed by atoms with Crippen LogP contribution in [0, 0.1) is 0 Å². The Balaban J connectivity index is 1.10. The number of rotatable bonds is 6. The lowest BCUT2D eigenvalue weighted by Gasteiger charge is -2.36. The van der Waals surface area contributed by atoms with Gasteiger partial charge in [0.25, 0.3) is 0 Å². The van der Waals surface area contributed by atoms with Gasteiger partial charge >= 0.3 is 0 Å². The van der Waals surface area contributed by atoms with Crippen molar-refractivity contribution in [2.24, 2.45) is 0 Å². The van der Waals surface area contributed by atoms with Gasteiger partial charge in [0.15, 0.2) is 0 Å². The number of piperazine rings is 1. The molecule has 0 atom stereocenters. The molecule has 1 aromatic carbocycles. The third kappa shape index (κ3) is 3.38. The van der Waals surface area contributed by atoms with Crippen molar-refractivity contribution in [1.29, 1.82) is 0 Å². The minimum Gasteiger partial charge on any atom is -0.368 e. The Morgan fingerprint density at radius 1 is 0.893 bits per heavy atom. The summed E-state index contributed by atoms with van der Waals surface area (Å²) in [7, 11) is 0. The molecule has 1 aliphatic heterocycles. The summed E-state index contributed by atoms with van der Waals surface area (Å²) in [5.74, 6) is 0. The molecule has 5 heteroatoms. The zero-order valence-corrected chi connectivity index (χ0v) is 16.2. The fraction of sp³-hybridized carbons (Fsp3) is 0.348. The molecule has 1 saturated heterocycles. The monoisotopic (exact) mass is 373 g/mol. The molecular weight excluding hydrogens is 346 g/mol. The van der Waals surface area contributed by atoms with Gasteiger partial charge < -0.3 is 14.5 Å². The van der Waals surface area contributed by atoms with Crippen LogP contribution >= 0.6 is 0 Å². The summed E-state index contributed by atoms with van der Waals surface area (Å²) >= 11 is 0. The average molecular weight is 374 g/mol. The molecule has 0 radical (unpaired) electrons. The van der Waals surface area contributed by atoms with Gasteiger partial charge in [0.1, 0.15) is 5.65 Å². The number of aryl methyl sites for hydroxylation is 1. The second kappa shape index (κ2) is 7.68. The third-order valence-electron chi connectivity index (χ3n) is 5.93. The highest BCUT2D eigenvalue weighted by atomic mass is 15.3. The van der Waals surface area contributed by atoms with E-state index in [1.165, 1.54) is 41.4 Å². The van der Waals surface area contributed by atoms with E-state index in [0.717, 1.165) is 38.4 Å². The maximum atomic E-state index is 4.51. The van der Waals surface area contributed by atoms with Crippen LogP contribution in [0.4, 0.5) is 5.69 Å². The van der Waals surface area contributed by atoms with E-state index in [4.69, 9.17) is 0 Å². The van der Waals surface area contributed by atoms with Crippen LogP contribution in [0.15, 0.2) is 61.1 Å². The summed E-state index contributed by atoms with van der Waals surface area (Å²) < 4.78 is 2.28. The number of H-pyrrole nitrogens is 1. The molecular formula is C23H27N5. The van der Waals surface area contributed by atoms with Crippen LogP contribution in [0.25, 0.3) is 21.9 Å². The van der Waals surface area contributed by atoms with E-state index in [1.807, 2.05) is 18.5 Å². The van der Waals surface area contributed by atoms with Crippen LogP contribution < -0.4 is 4.90 Å². The van der Waals surface area contributed by atoms with Crippen molar-refractivity contribution in [3.8, 4) is 0 Å². The SMILES string of the molecule is c1cnc2c(c1)ccn2CCCCN1CCN(c2cccc3[nH]ccc23)CC1. The summed E-state index contributed by atoms with van der Waals surface area (Å²) in [4.78, 5) is 13.0. The first-order chi connectivity index (χ1) is 13.9. The number of nitrogens with zero attached hydrogens (tertiary/aromatic N) is 4. The summed E-state index contributed by atoms with van der Waals surface area (Å²) in [6.45, 7) is 6.75. The predicted molar refractivity (Wildman–Crippen MR) is 116 cm³/mol. The molecule has 28 heavy (non-hydrogen) atoms. The Kier molecular flexibility index (Phi) is 4.75. The summed E-state index contributed by atoms with van der Waals surface area (Å²) in [6, 6.07) is 15.0. The lowest BCUT2D eigenvalue weighted by molar-refractivity contribution is 0.251. The molecule has 4 heterocycles. The van der Waals surface area contributed by atoms with E-state index in [-0.39, 0.29) is 0 Å². The maximum Gasteiger partial charge on any atom is 0.139 e. The zero-order valence-electron chi connectivity index (χ0n) is 16.2. The average Bonchev–Trinajstić information content (AvgIpc) is 3.39. The first-order valence-corrected chi connectivity index (χ1v) is 10.3. The number of fused-ring (bicyclic) bond motifs is 2. The first kappa shape index (κ1) is 17.3. The quantitative estimate of drug-likeness (QED) is 0.517. The lowest BCUT2D eigenvalue weighted by atomic mass is 10.1. The van der Waals surface area contributed by atoms with E-state index in [1.54, 1.807) is 0 Å². The van der Waals surface area contributed by atoms with Gasteiger partial charge in [0, 0.05) is 73.3 Å². The fourth-order valence-corrected chi connectivity index (χ4v) is 4.38. The Morgan fingerprint density at radius 2 is 1.79 bits per heavy atom. The Morgan fingerprint density at radius 3 is 2.71 bits per heavy atom. The van der Waals surface area contributed by atoms with Gasteiger partial charge in [-0.1, -0.05) is 6.07 Å². The molecule has 0 amide bonds. The number of pyridine rings is 1. The van der Waals surface area contributed by atoms with E-state index < -0.39 is 0 Å². The second-order valence-corrected chi connectivity index (χ2v) is 7.68. The molecule has 5 nitrogen and oxygen atoms in total. The number of benzene rings is 1. The van der Waals surface area contributed by atoms with Crippen LogP contribution in [-0.4, -0.2) is 52.2 Å². The molecule has 1 fully saturated rings. The predicted octanol–water partition coefficient (Wildman–Crippen LogP) is 4.12. The Hall–Kier alpha value is -2.79. The molecule has 144 valence electrons. The smallest absolute Gasteiger partial charge is 0.139 e. The molecule has 0 aliphatic carbocycles. The van der Waals surface area contributed by atoms with Gasteiger partial charge in [-0.15, -0.1) is 0 Å². The van der Waals surface area contributed by atoms with Gasteiger partial charge in [-0.2, -0.15) is 0 Å². The minimum atomic E-state index is 1.05. The standard InChI is InChI=1S/C23H27N5/c1(2-13-28-14-9-19-5-4-10-25-23(19)28)12-26-15-17-27(18-16-26)22-7-3-6-21-20(22)8-11-24-21/h3-11,14,24H,1-2,12-13,15-18H2. The minimum absolute atomic E-state index is 1.05. The normalized spacial score (nSPS) is 15.6. The number of unbranched alkanes of at least 4 members (excludes halogenated alkanes) is 1. The van der Waals surface area contributed by atoms with E-state index in [2.05, 4.69) is 66.9 Å². The highest BCUT2D eigenvalue weighted by Gasteiger charge is 2.18. The number of hydrogen-bond donors (Lipinski definition) is 1. The van der Waals surface area contributed by atoms with Gasteiger partial charge in [0.2, 0.25) is 0 Å². The van der Waals surface area contributed by atoms with Crippen molar-refractivity contribution < 1.29 is 0 Å². The van der Waals surface area contributed by atoms with Crippen LogP contribution in [0.3, 0.4) is 0 Å².